The Morgan fingerprint density at radius 3 is 2.23 bits per heavy atom. The molecule has 0 N–H and O–H groups in total. The SMILES string of the molecule is COc1cccc(C(=O)CN(C(=O)c2ccc(Cl)cc2Cl)N2C(=O)[C@@H]3C[C@H](Br)[C@@H](Br)C[C@H]3C2=O)c1. The standard InChI is InChI=1S/C24H20Br2Cl2N2O5/c1-35-14-4-2-3-12(7-14)21(31)11-29(22(32)15-6-5-13(27)8-20(15)28)30-23(33)16-9-18(25)19(26)10-17(16)24(30)34/h2-8,16-19H,9-11H2,1H3/t16-,17-,18+,19+/m1/s1. The number of carbonyl (C=O) groups is 4. The molecule has 2 aliphatic rings. The molecule has 1 saturated heterocycles. The Morgan fingerprint density at radius 1 is 1.03 bits per heavy atom. The van der Waals surface area contributed by atoms with Gasteiger partial charge in [-0.1, -0.05) is 67.2 Å². The molecule has 0 bridgehead atoms. The van der Waals surface area contributed by atoms with E-state index >= 15 is 0 Å². The van der Waals surface area contributed by atoms with E-state index in [0.29, 0.717) is 23.6 Å². The summed E-state index contributed by atoms with van der Waals surface area (Å²) in [5.74, 6) is -2.99. The highest BCUT2D eigenvalue weighted by atomic mass is 79.9. The van der Waals surface area contributed by atoms with Gasteiger partial charge in [-0.25, -0.2) is 5.01 Å². The highest BCUT2D eigenvalue weighted by Gasteiger charge is 2.54. The molecule has 2 aromatic carbocycles. The minimum Gasteiger partial charge on any atom is -0.497 e. The van der Waals surface area contributed by atoms with E-state index in [4.69, 9.17) is 27.9 Å². The second-order valence-corrected chi connectivity index (χ2v) is 11.5. The van der Waals surface area contributed by atoms with Gasteiger partial charge >= 0.3 is 0 Å². The molecule has 7 nitrogen and oxygen atoms in total. The van der Waals surface area contributed by atoms with Gasteiger partial charge in [0.15, 0.2) is 5.78 Å². The van der Waals surface area contributed by atoms with Gasteiger partial charge in [-0.2, -0.15) is 5.01 Å². The maximum atomic E-state index is 13.6. The maximum Gasteiger partial charge on any atom is 0.274 e. The number of fused-ring (bicyclic) bond motifs is 1. The zero-order chi connectivity index (χ0) is 25.4. The van der Waals surface area contributed by atoms with Crippen LogP contribution in [0, 0.1) is 11.8 Å². The molecular formula is C24H20Br2Cl2N2O5. The number of rotatable bonds is 6. The van der Waals surface area contributed by atoms with Crippen LogP contribution < -0.4 is 4.74 Å². The molecule has 0 spiro atoms. The first-order valence-electron chi connectivity index (χ1n) is 10.7. The maximum absolute atomic E-state index is 13.6. The first-order valence-corrected chi connectivity index (χ1v) is 13.3. The lowest BCUT2D eigenvalue weighted by Crippen LogP contribution is -2.52. The van der Waals surface area contributed by atoms with Crippen LogP contribution >= 0.6 is 55.1 Å². The number of ether oxygens (including phenoxy) is 1. The third-order valence-electron chi connectivity index (χ3n) is 6.21. The lowest BCUT2D eigenvalue weighted by Gasteiger charge is -2.30. The molecule has 0 aromatic heterocycles. The molecule has 1 aliphatic heterocycles. The summed E-state index contributed by atoms with van der Waals surface area (Å²) in [6.45, 7) is -0.544. The highest BCUT2D eigenvalue weighted by molar-refractivity contribution is 9.12. The molecular weight excluding hydrogens is 627 g/mol. The number of methoxy groups -OCH3 is 1. The van der Waals surface area contributed by atoms with Crippen LogP contribution in [0.25, 0.3) is 0 Å². The van der Waals surface area contributed by atoms with Crippen LogP contribution in [0.4, 0.5) is 0 Å². The molecule has 0 unspecified atom stereocenters. The lowest BCUT2D eigenvalue weighted by molar-refractivity contribution is -0.154. The van der Waals surface area contributed by atoms with Crippen molar-refractivity contribution in [3.8, 4) is 5.75 Å². The topological polar surface area (TPSA) is 84.0 Å². The average Bonchev–Trinajstić information content (AvgIpc) is 3.06. The van der Waals surface area contributed by atoms with Crippen molar-refractivity contribution in [3.05, 3.63) is 63.6 Å². The number of amides is 3. The van der Waals surface area contributed by atoms with Crippen molar-refractivity contribution in [2.24, 2.45) is 11.8 Å². The van der Waals surface area contributed by atoms with Crippen LogP contribution in [0.5, 0.6) is 5.75 Å². The number of halogens is 4. The molecule has 184 valence electrons. The second-order valence-electron chi connectivity index (χ2n) is 8.35. The second kappa shape index (κ2) is 10.6. The summed E-state index contributed by atoms with van der Waals surface area (Å²) in [5, 5.41) is 2.08. The number of hydrogen-bond donors (Lipinski definition) is 0. The fourth-order valence-electron chi connectivity index (χ4n) is 4.37. The van der Waals surface area contributed by atoms with Crippen LogP contribution in [0.3, 0.4) is 0 Å². The number of ketones is 1. The molecule has 0 radical (unpaired) electrons. The van der Waals surface area contributed by atoms with Crippen LogP contribution in [0.1, 0.15) is 33.6 Å². The van der Waals surface area contributed by atoms with Gasteiger partial charge in [0, 0.05) is 20.2 Å². The zero-order valence-electron chi connectivity index (χ0n) is 18.4. The molecule has 35 heavy (non-hydrogen) atoms. The molecule has 3 amide bonds. The van der Waals surface area contributed by atoms with Crippen molar-refractivity contribution >= 4 is 78.6 Å². The molecule has 2 aromatic rings. The van der Waals surface area contributed by atoms with Crippen LogP contribution in [-0.4, -0.2) is 56.8 Å². The van der Waals surface area contributed by atoms with E-state index in [1.54, 1.807) is 18.2 Å². The lowest BCUT2D eigenvalue weighted by atomic mass is 9.81. The zero-order valence-corrected chi connectivity index (χ0v) is 23.1. The predicted molar refractivity (Wildman–Crippen MR) is 138 cm³/mol. The average molecular weight is 647 g/mol. The van der Waals surface area contributed by atoms with E-state index in [0.717, 1.165) is 10.0 Å². The number of alkyl halides is 2. The van der Waals surface area contributed by atoms with Crippen molar-refractivity contribution < 1.29 is 23.9 Å². The number of hydrazine groups is 1. The van der Waals surface area contributed by atoms with Crippen molar-refractivity contribution in [3.63, 3.8) is 0 Å². The largest absolute Gasteiger partial charge is 0.497 e. The number of hydrogen-bond acceptors (Lipinski definition) is 5. The summed E-state index contributed by atoms with van der Waals surface area (Å²) in [4.78, 5) is 53.7. The summed E-state index contributed by atoms with van der Waals surface area (Å²) in [7, 11) is 1.47. The number of Topliss-reactive ketones (excluding diaryl/α,β-unsaturated/α-hetero) is 1. The third-order valence-corrected chi connectivity index (χ3v) is 9.49. The van der Waals surface area contributed by atoms with E-state index < -0.39 is 41.9 Å². The Bertz CT molecular complexity index is 1180. The van der Waals surface area contributed by atoms with E-state index in [1.165, 1.54) is 31.4 Å². The predicted octanol–water partition coefficient (Wildman–Crippen LogP) is 5.16. The minimum atomic E-state index is -0.756. The fourth-order valence-corrected chi connectivity index (χ4v) is 6.10. The summed E-state index contributed by atoms with van der Waals surface area (Å²) in [6, 6.07) is 10.7. The molecule has 11 heteroatoms. The van der Waals surface area contributed by atoms with Gasteiger partial charge in [-0.05, 0) is 43.2 Å². The highest BCUT2D eigenvalue weighted by Crippen LogP contribution is 2.44. The molecule has 1 heterocycles. The summed E-state index contributed by atoms with van der Waals surface area (Å²) in [6.07, 6.45) is 0.852. The normalized spacial score (nSPS) is 23.7. The van der Waals surface area contributed by atoms with E-state index in [1.807, 2.05) is 0 Å². The monoisotopic (exact) mass is 644 g/mol. The number of imide groups is 1. The van der Waals surface area contributed by atoms with Crippen LogP contribution in [0.2, 0.25) is 10.0 Å². The minimum absolute atomic E-state index is 0.00581. The smallest absolute Gasteiger partial charge is 0.274 e. The van der Waals surface area contributed by atoms with Gasteiger partial charge < -0.3 is 4.74 Å². The Hall–Kier alpha value is -1.94. The number of nitrogens with zero attached hydrogens (tertiary/aromatic N) is 2. The Labute approximate surface area is 228 Å². The Kier molecular flexibility index (Phi) is 7.90. The Morgan fingerprint density at radius 2 is 1.66 bits per heavy atom. The van der Waals surface area contributed by atoms with Crippen LogP contribution in [-0.2, 0) is 9.59 Å². The van der Waals surface area contributed by atoms with Gasteiger partial charge in [0.05, 0.1) is 29.5 Å². The van der Waals surface area contributed by atoms with Crippen LogP contribution in [0.15, 0.2) is 42.5 Å². The van der Waals surface area contributed by atoms with Crippen molar-refractivity contribution in [1.82, 2.24) is 10.0 Å². The summed E-state index contributed by atoms with van der Waals surface area (Å²) in [5.41, 5.74) is 0.281. The summed E-state index contributed by atoms with van der Waals surface area (Å²) >= 11 is 19.4. The van der Waals surface area contributed by atoms with E-state index in [-0.39, 0.29) is 25.8 Å². The molecule has 2 fully saturated rings. The van der Waals surface area contributed by atoms with Gasteiger partial charge in [0.25, 0.3) is 17.7 Å². The Balaban J connectivity index is 1.72. The number of benzene rings is 2. The molecule has 4 rings (SSSR count). The van der Waals surface area contributed by atoms with Crippen molar-refractivity contribution in [2.75, 3.05) is 13.7 Å². The molecule has 1 saturated carbocycles. The fraction of sp³-hybridized carbons (Fsp3) is 0.333. The third kappa shape index (κ3) is 5.14. The van der Waals surface area contributed by atoms with Crippen molar-refractivity contribution in [1.29, 1.82) is 0 Å². The summed E-state index contributed by atoms with van der Waals surface area (Å²) < 4.78 is 5.18. The van der Waals surface area contributed by atoms with Gasteiger partial charge in [0.1, 0.15) is 12.3 Å². The molecule has 1 aliphatic carbocycles. The van der Waals surface area contributed by atoms with Crippen molar-refractivity contribution in [2.45, 2.75) is 22.5 Å². The van der Waals surface area contributed by atoms with E-state index in [2.05, 4.69) is 31.9 Å². The first kappa shape index (κ1) is 26.1. The number of carbonyl (C=O) groups excluding carboxylic acids is 4. The van der Waals surface area contributed by atoms with Gasteiger partial charge in [-0.15, -0.1) is 0 Å². The molecule has 4 atom stereocenters. The van der Waals surface area contributed by atoms with Gasteiger partial charge in [-0.3, -0.25) is 19.2 Å². The first-order chi connectivity index (χ1) is 16.6. The van der Waals surface area contributed by atoms with Gasteiger partial charge in [0.2, 0.25) is 0 Å². The van der Waals surface area contributed by atoms with E-state index in [9.17, 15) is 19.2 Å². The quantitative estimate of drug-likeness (QED) is 0.246.